The van der Waals surface area contributed by atoms with E-state index in [1.54, 1.807) is 0 Å². The van der Waals surface area contributed by atoms with Crippen molar-refractivity contribution in [2.75, 3.05) is 26.2 Å². The summed E-state index contributed by atoms with van der Waals surface area (Å²) in [6.45, 7) is 8.08. The van der Waals surface area contributed by atoms with E-state index in [1.165, 1.54) is 48.9 Å². The Labute approximate surface area is 121 Å². The summed E-state index contributed by atoms with van der Waals surface area (Å²) in [7, 11) is 0. The van der Waals surface area contributed by atoms with E-state index in [-0.39, 0.29) is 0 Å². The number of nitrogens with one attached hydrogen (secondary N) is 2. The van der Waals surface area contributed by atoms with Crippen LogP contribution in [0.2, 0.25) is 0 Å². The highest BCUT2D eigenvalue weighted by molar-refractivity contribution is 5.82. The summed E-state index contributed by atoms with van der Waals surface area (Å²) in [6.07, 6.45) is 4.82. The number of hydrogen-bond acceptors (Lipinski definition) is 2. The van der Waals surface area contributed by atoms with Crippen LogP contribution in [0.5, 0.6) is 0 Å². The zero-order valence-corrected chi connectivity index (χ0v) is 12.4. The quantitative estimate of drug-likeness (QED) is 0.876. The van der Waals surface area contributed by atoms with Crippen LogP contribution in [0.1, 0.15) is 25.3 Å². The standard InChI is InChI=1S/C17H25N3/c1-2-20(12-14-7-9-18-10-8-14)13-15-11-19-17-6-4-3-5-16(15)17/h3-6,11,14,18-19H,2,7-10,12-13H2,1H3. The molecule has 0 amide bonds. The first kappa shape index (κ1) is 13.7. The number of H-pyrrole nitrogens is 1. The molecule has 2 aromatic rings. The van der Waals surface area contributed by atoms with Crippen molar-refractivity contribution in [2.24, 2.45) is 5.92 Å². The topological polar surface area (TPSA) is 31.1 Å². The summed E-state index contributed by atoms with van der Waals surface area (Å²) in [5.41, 5.74) is 2.68. The Morgan fingerprint density at radius 1 is 1.20 bits per heavy atom. The highest BCUT2D eigenvalue weighted by atomic mass is 15.1. The summed E-state index contributed by atoms with van der Waals surface area (Å²) in [6, 6.07) is 8.60. The molecular weight excluding hydrogens is 246 g/mol. The first-order valence-electron chi connectivity index (χ1n) is 7.85. The van der Waals surface area contributed by atoms with Crippen LogP contribution < -0.4 is 5.32 Å². The van der Waals surface area contributed by atoms with E-state index in [0.29, 0.717) is 0 Å². The van der Waals surface area contributed by atoms with E-state index in [9.17, 15) is 0 Å². The van der Waals surface area contributed by atoms with Gasteiger partial charge in [-0.2, -0.15) is 0 Å². The second-order valence-electron chi connectivity index (χ2n) is 5.88. The molecule has 1 saturated heterocycles. The SMILES string of the molecule is CCN(Cc1c[nH]c2ccccc12)CC1CCNCC1. The minimum Gasteiger partial charge on any atom is -0.361 e. The minimum absolute atomic E-state index is 0.862. The molecule has 0 radical (unpaired) electrons. The number of hydrogen-bond donors (Lipinski definition) is 2. The molecule has 0 unspecified atom stereocenters. The number of benzene rings is 1. The van der Waals surface area contributed by atoms with Crippen LogP contribution in [0, 0.1) is 5.92 Å². The van der Waals surface area contributed by atoms with Gasteiger partial charge in [-0.05, 0) is 50.0 Å². The predicted octanol–water partition coefficient (Wildman–Crippen LogP) is 2.99. The molecule has 1 aliphatic rings. The van der Waals surface area contributed by atoms with E-state index in [1.807, 2.05) is 0 Å². The van der Waals surface area contributed by atoms with E-state index in [2.05, 4.69) is 52.6 Å². The molecule has 108 valence electrons. The maximum absolute atomic E-state index is 3.45. The van der Waals surface area contributed by atoms with Gasteiger partial charge in [-0.25, -0.2) is 0 Å². The third-order valence-corrected chi connectivity index (χ3v) is 4.49. The fourth-order valence-electron chi connectivity index (χ4n) is 3.24. The summed E-state index contributed by atoms with van der Waals surface area (Å²) in [4.78, 5) is 5.97. The Bertz CT molecular complexity index is 540. The molecule has 0 bridgehead atoms. The summed E-state index contributed by atoms with van der Waals surface area (Å²) in [5, 5.41) is 4.82. The Hall–Kier alpha value is -1.32. The fraction of sp³-hybridized carbons (Fsp3) is 0.529. The van der Waals surface area contributed by atoms with Gasteiger partial charge in [-0.3, -0.25) is 4.90 Å². The van der Waals surface area contributed by atoms with Gasteiger partial charge in [0.25, 0.3) is 0 Å². The van der Waals surface area contributed by atoms with Gasteiger partial charge in [0.05, 0.1) is 0 Å². The molecule has 20 heavy (non-hydrogen) atoms. The van der Waals surface area contributed by atoms with Gasteiger partial charge in [-0.1, -0.05) is 25.1 Å². The monoisotopic (exact) mass is 271 g/mol. The van der Waals surface area contributed by atoms with E-state index in [4.69, 9.17) is 0 Å². The van der Waals surface area contributed by atoms with E-state index >= 15 is 0 Å². The number of aromatic amines is 1. The molecular formula is C17H25N3. The van der Waals surface area contributed by atoms with Crippen molar-refractivity contribution in [2.45, 2.75) is 26.3 Å². The van der Waals surface area contributed by atoms with Crippen LogP contribution in [0.3, 0.4) is 0 Å². The molecule has 1 aromatic heterocycles. The van der Waals surface area contributed by atoms with Gasteiger partial charge in [0.2, 0.25) is 0 Å². The van der Waals surface area contributed by atoms with Crippen molar-refractivity contribution >= 4 is 10.9 Å². The molecule has 1 aromatic carbocycles. The number of piperidine rings is 1. The van der Waals surface area contributed by atoms with Gasteiger partial charge >= 0.3 is 0 Å². The minimum atomic E-state index is 0.862. The van der Waals surface area contributed by atoms with E-state index < -0.39 is 0 Å². The average Bonchev–Trinajstić information content (AvgIpc) is 2.91. The van der Waals surface area contributed by atoms with Crippen molar-refractivity contribution in [3.8, 4) is 0 Å². The van der Waals surface area contributed by atoms with Gasteiger partial charge in [-0.15, -0.1) is 0 Å². The summed E-state index contributed by atoms with van der Waals surface area (Å²) in [5.74, 6) is 0.862. The Morgan fingerprint density at radius 2 is 2.00 bits per heavy atom. The molecule has 0 aliphatic carbocycles. The number of fused-ring (bicyclic) bond motifs is 1. The zero-order chi connectivity index (χ0) is 13.8. The molecule has 2 N–H and O–H groups in total. The van der Waals surface area contributed by atoms with Gasteiger partial charge < -0.3 is 10.3 Å². The summed E-state index contributed by atoms with van der Waals surface area (Å²) >= 11 is 0. The smallest absolute Gasteiger partial charge is 0.0457 e. The lowest BCUT2D eigenvalue weighted by molar-refractivity contribution is 0.207. The Kier molecular flexibility index (Phi) is 4.38. The lowest BCUT2D eigenvalue weighted by atomic mass is 9.97. The highest BCUT2D eigenvalue weighted by Gasteiger charge is 2.17. The number of rotatable bonds is 5. The first-order valence-corrected chi connectivity index (χ1v) is 7.85. The second kappa shape index (κ2) is 6.42. The molecule has 3 nitrogen and oxygen atoms in total. The molecule has 1 fully saturated rings. The highest BCUT2D eigenvalue weighted by Crippen LogP contribution is 2.21. The Morgan fingerprint density at radius 3 is 2.80 bits per heavy atom. The normalized spacial score (nSPS) is 17.1. The van der Waals surface area contributed by atoms with Crippen molar-refractivity contribution in [1.29, 1.82) is 0 Å². The third-order valence-electron chi connectivity index (χ3n) is 4.49. The maximum Gasteiger partial charge on any atom is 0.0457 e. The van der Waals surface area contributed by atoms with Gasteiger partial charge in [0.1, 0.15) is 0 Å². The van der Waals surface area contributed by atoms with Crippen LogP contribution in [-0.4, -0.2) is 36.1 Å². The largest absolute Gasteiger partial charge is 0.361 e. The van der Waals surface area contributed by atoms with Crippen LogP contribution in [-0.2, 0) is 6.54 Å². The lowest BCUT2D eigenvalue weighted by Gasteiger charge is -2.29. The fourth-order valence-corrected chi connectivity index (χ4v) is 3.24. The summed E-state index contributed by atoms with van der Waals surface area (Å²) < 4.78 is 0. The van der Waals surface area contributed by atoms with Crippen LogP contribution >= 0.6 is 0 Å². The number of aromatic nitrogens is 1. The lowest BCUT2D eigenvalue weighted by Crippen LogP contribution is -2.35. The van der Waals surface area contributed by atoms with Crippen molar-refractivity contribution in [1.82, 2.24) is 15.2 Å². The average molecular weight is 271 g/mol. The first-order chi connectivity index (χ1) is 9.86. The second-order valence-corrected chi connectivity index (χ2v) is 5.88. The molecule has 0 saturated carbocycles. The van der Waals surface area contributed by atoms with Crippen LogP contribution in [0.4, 0.5) is 0 Å². The van der Waals surface area contributed by atoms with Gasteiger partial charge in [0, 0.05) is 30.2 Å². The van der Waals surface area contributed by atoms with Crippen molar-refractivity contribution in [3.63, 3.8) is 0 Å². The molecule has 0 atom stereocenters. The number of nitrogens with zero attached hydrogens (tertiary/aromatic N) is 1. The zero-order valence-electron chi connectivity index (χ0n) is 12.4. The molecule has 2 heterocycles. The molecule has 3 rings (SSSR count). The Balaban J connectivity index is 1.67. The number of para-hydroxylation sites is 1. The van der Waals surface area contributed by atoms with Crippen LogP contribution in [0.15, 0.2) is 30.5 Å². The van der Waals surface area contributed by atoms with Crippen molar-refractivity contribution in [3.05, 3.63) is 36.0 Å². The molecule has 0 spiro atoms. The van der Waals surface area contributed by atoms with Crippen molar-refractivity contribution < 1.29 is 0 Å². The molecule has 3 heteroatoms. The van der Waals surface area contributed by atoms with E-state index in [0.717, 1.165) is 19.0 Å². The third kappa shape index (κ3) is 3.05. The van der Waals surface area contributed by atoms with Gasteiger partial charge in [0.15, 0.2) is 0 Å². The maximum atomic E-state index is 3.45. The van der Waals surface area contributed by atoms with Crippen LogP contribution in [0.25, 0.3) is 10.9 Å². The molecule has 1 aliphatic heterocycles. The predicted molar refractivity (Wildman–Crippen MR) is 84.8 cm³/mol.